The molecule has 0 spiro atoms. The summed E-state index contributed by atoms with van der Waals surface area (Å²) in [6, 6.07) is 0. The van der Waals surface area contributed by atoms with Crippen molar-refractivity contribution in [2.24, 2.45) is 0 Å². The SMILES string of the molecule is CC1(C)CN(Cl)C(C)(C)[NH+]1[O-].[Cl-]. The lowest BCUT2D eigenvalue weighted by Crippen LogP contribution is -3.20. The zero-order chi connectivity index (χ0) is 8.86. The van der Waals surface area contributed by atoms with E-state index in [2.05, 4.69) is 0 Å². The molecule has 0 amide bonds. The van der Waals surface area contributed by atoms with Crippen LogP contribution >= 0.6 is 11.8 Å². The first-order chi connectivity index (χ1) is 4.78. The van der Waals surface area contributed by atoms with E-state index in [1.165, 1.54) is 0 Å². The minimum absolute atomic E-state index is 0. The normalized spacial score (nSPS) is 33.0. The summed E-state index contributed by atoms with van der Waals surface area (Å²) in [6.45, 7) is 8.22. The third kappa shape index (κ3) is 1.70. The van der Waals surface area contributed by atoms with E-state index in [9.17, 15) is 5.21 Å². The molecular weight excluding hydrogens is 199 g/mol. The predicted molar refractivity (Wildman–Crippen MR) is 45.0 cm³/mol. The van der Waals surface area contributed by atoms with Gasteiger partial charge in [0.15, 0.2) is 5.66 Å². The highest BCUT2D eigenvalue weighted by Gasteiger charge is 2.49. The van der Waals surface area contributed by atoms with Gasteiger partial charge in [-0.3, -0.25) is 0 Å². The van der Waals surface area contributed by atoms with E-state index in [4.69, 9.17) is 11.8 Å². The van der Waals surface area contributed by atoms with Gasteiger partial charge in [0.2, 0.25) is 0 Å². The lowest BCUT2D eigenvalue weighted by molar-refractivity contribution is -0.936. The van der Waals surface area contributed by atoms with Crippen LogP contribution in [0.3, 0.4) is 0 Å². The number of rotatable bonds is 0. The summed E-state index contributed by atoms with van der Waals surface area (Å²) in [5, 5.41) is 11.9. The van der Waals surface area contributed by atoms with Gasteiger partial charge < -0.3 is 22.7 Å². The van der Waals surface area contributed by atoms with Crippen molar-refractivity contribution in [3.8, 4) is 0 Å². The smallest absolute Gasteiger partial charge is 0.161 e. The highest BCUT2D eigenvalue weighted by Crippen LogP contribution is 2.21. The molecule has 0 aromatic carbocycles. The molecule has 0 aromatic rings. The zero-order valence-corrected chi connectivity index (χ0v) is 9.33. The summed E-state index contributed by atoms with van der Waals surface area (Å²) in [5.74, 6) is 0. The number of hydrogen-bond donors (Lipinski definition) is 1. The summed E-state index contributed by atoms with van der Waals surface area (Å²) >= 11 is 5.90. The summed E-state index contributed by atoms with van der Waals surface area (Å²) < 4.78 is 1.59. The van der Waals surface area contributed by atoms with Gasteiger partial charge in [-0.1, -0.05) is 0 Å². The highest BCUT2D eigenvalue weighted by molar-refractivity contribution is 6.13. The van der Waals surface area contributed by atoms with Crippen LogP contribution in [-0.2, 0) is 0 Å². The van der Waals surface area contributed by atoms with Crippen molar-refractivity contribution in [2.75, 3.05) is 6.54 Å². The Balaban J connectivity index is 0.00000121. The average Bonchev–Trinajstić information content (AvgIpc) is 1.94. The average molecular weight is 214 g/mol. The Morgan fingerprint density at radius 1 is 1.33 bits per heavy atom. The fourth-order valence-corrected chi connectivity index (χ4v) is 1.93. The number of halogens is 2. The second-order valence-electron chi connectivity index (χ2n) is 4.29. The van der Waals surface area contributed by atoms with Crippen LogP contribution in [0, 0.1) is 5.21 Å². The van der Waals surface area contributed by atoms with Gasteiger partial charge in [0, 0.05) is 13.8 Å². The summed E-state index contributed by atoms with van der Waals surface area (Å²) in [4.78, 5) is 0. The molecule has 5 heteroatoms. The Morgan fingerprint density at radius 3 is 1.83 bits per heavy atom. The second kappa shape index (κ2) is 3.31. The van der Waals surface area contributed by atoms with Gasteiger partial charge >= 0.3 is 0 Å². The van der Waals surface area contributed by atoms with Crippen molar-refractivity contribution >= 4 is 11.8 Å². The van der Waals surface area contributed by atoms with Crippen LogP contribution in [0.15, 0.2) is 0 Å². The number of nitrogens with zero attached hydrogens (tertiary/aromatic N) is 1. The molecule has 3 nitrogen and oxygen atoms in total. The Kier molecular flexibility index (Phi) is 3.44. The second-order valence-corrected chi connectivity index (χ2v) is 4.70. The van der Waals surface area contributed by atoms with Gasteiger partial charge in [0.05, 0.1) is 6.54 Å². The van der Waals surface area contributed by atoms with Gasteiger partial charge in [0.25, 0.3) is 0 Å². The molecule has 1 unspecified atom stereocenters. The third-order valence-corrected chi connectivity index (χ3v) is 2.85. The molecule has 1 rings (SSSR count). The van der Waals surface area contributed by atoms with Crippen LogP contribution in [-0.4, -0.2) is 22.2 Å². The fourth-order valence-electron chi connectivity index (χ4n) is 1.55. The molecule has 0 saturated carbocycles. The molecule has 74 valence electrons. The number of hydrogen-bond acceptors (Lipinski definition) is 2. The minimum Gasteiger partial charge on any atom is -1.00 e. The van der Waals surface area contributed by atoms with Crippen molar-refractivity contribution in [1.29, 1.82) is 0 Å². The first-order valence-electron chi connectivity index (χ1n) is 3.77. The maximum absolute atomic E-state index is 11.6. The number of nitrogens with one attached hydrogen (secondary N) is 1. The van der Waals surface area contributed by atoms with Crippen LogP contribution in [0.2, 0.25) is 0 Å². The summed E-state index contributed by atoms with van der Waals surface area (Å²) in [5.41, 5.74) is -0.781. The van der Waals surface area contributed by atoms with Gasteiger partial charge in [-0.25, -0.2) is 0 Å². The highest BCUT2D eigenvalue weighted by atomic mass is 35.5. The minimum atomic E-state index is -0.495. The number of hydroxylamine groups is 2. The molecule has 1 aliphatic heterocycles. The molecule has 12 heavy (non-hydrogen) atoms. The topological polar surface area (TPSA) is 30.7 Å². The van der Waals surface area contributed by atoms with E-state index < -0.39 is 5.66 Å². The molecule has 0 radical (unpaired) electrons. The largest absolute Gasteiger partial charge is 1.00 e. The molecule has 1 fully saturated rings. The Bertz CT molecular complexity index is 173. The molecule has 1 saturated heterocycles. The molecular formula is C7H15Cl2N2O-. The Labute approximate surface area is 84.8 Å². The van der Waals surface area contributed by atoms with E-state index in [0.29, 0.717) is 6.54 Å². The summed E-state index contributed by atoms with van der Waals surface area (Å²) in [6.07, 6.45) is 0. The molecule has 0 bridgehead atoms. The van der Waals surface area contributed by atoms with Crippen molar-refractivity contribution in [3.05, 3.63) is 5.21 Å². The molecule has 1 heterocycles. The zero-order valence-electron chi connectivity index (χ0n) is 7.82. The lowest BCUT2D eigenvalue weighted by Gasteiger charge is -2.39. The summed E-state index contributed by atoms with van der Waals surface area (Å²) in [7, 11) is 0. The van der Waals surface area contributed by atoms with Crippen LogP contribution in [0.1, 0.15) is 27.7 Å². The Morgan fingerprint density at radius 2 is 1.75 bits per heavy atom. The first kappa shape index (κ1) is 12.5. The van der Waals surface area contributed by atoms with E-state index in [-0.39, 0.29) is 23.0 Å². The van der Waals surface area contributed by atoms with Gasteiger partial charge in [-0.2, -0.15) is 4.42 Å². The van der Waals surface area contributed by atoms with E-state index in [0.717, 1.165) is 0 Å². The van der Waals surface area contributed by atoms with Gasteiger partial charge in [0.1, 0.15) is 5.54 Å². The van der Waals surface area contributed by atoms with Crippen LogP contribution in [0.25, 0.3) is 0 Å². The third-order valence-electron chi connectivity index (χ3n) is 2.31. The predicted octanol–water partition coefficient (Wildman–Crippen LogP) is -2.64. The monoisotopic (exact) mass is 213 g/mol. The molecule has 0 aromatic heterocycles. The lowest BCUT2D eigenvalue weighted by atomic mass is 10.1. The Hall–Kier alpha value is 0.460. The van der Waals surface area contributed by atoms with Gasteiger partial charge in [-0.05, 0) is 25.6 Å². The molecule has 1 atom stereocenters. The van der Waals surface area contributed by atoms with Crippen molar-refractivity contribution < 1.29 is 17.5 Å². The maximum Gasteiger partial charge on any atom is 0.161 e. The fraction of sp³-hybridized carbons (Fsp3) is 1.00. The van der Waals surface area contributed by atoms with Crippen molar-refractivity contribution in [3.63, 3.8) is 0 Å². The van der Waals surface area contributed by atoms with Gasteiger partial charge in [-0.15, -0.1) is 0 Å². The molecule has 1 N–H and O–H groups in total. The van der Waals surface area contributed by atoms with Crippen LogP contribution in [0.5, 0.6) is 0 Å². The first-order valence-corrected chi connectivity index (χ1v) is 4.10. The van der Waals surface area contributed by atoms with E-state index in [1.54, 1.807) is 4.42 Å². The maximum atomic E-state index is 11.6. The van der Waals surface area contributed by atoms with E-state index >= 15 is 0 Å². The quantitative estimate of drug-likeness (QED) is 0.353. The van der Waals surface area contributed by atoms with Crippen molar-refractivity contribution in [2.45, 2.75) is 38.9 Å². The molecule has 1 aliphatic rings. The number of quaternary nitrogens is 1. The van der Waals surface area contributed by atoms with Crippen LogP contribution in [0.4, 0.5) is 0 Å². The molecule has 0 aliphatic carbocycles. The van der Waals surface area contributed by atoms with Crippen LogP contribution < -0.4 is 17.5 Å². The van der Waals surface area contributed by atoms with Crippen molar-refractivity contribution in [1.82, 2.24) is 4.42 Å². The standard InChI is InChI=1S/C7H15ClN2O.ClH/c1-6(2)5-9(8)7(3,4)10(6)11;/h10H,5H2,1-4H3;1H/p-1. The van der Waals surface area contributed by atoms with E-state index in [1.807, 2.05) is 27.7 Å².